The van der Waals surface area contributed by atoms with Crippen molar-refractivity contribution in [2.45, 2.75) is 46.5 Å². The number of carbonyl (C=O) groups excluding carboxylic acids is 2. The summed E-state index contributed by atoms with van der Waals surface area (Å²) in [5.74, 6) is 0.0671. The maximum absolute atomic E-state index is 11.7. The van der Waals surface area contributed by atoms with Crippen LogP contribution < -0.4 is 0 Å². The van der Waals surface area contributed by atoms with Crippen molar-refractivity contribution in [3.63, 3.8) is 0 Å². The van der Waals surface area contributed by atoms with Crippen LogP contribution in [0.5, 0.6) is 0 Å². The van der Waals surface area contributed by atoms with Crippen LogP contribution in [0.4, 0.5) is 0 Å². The number of carbonyl (C=O) groups is 2. The second kappa shape index (κ2) is 5.19. The third kappa shape index (κ3) is 3.02. The molecular formula is C17H24O3. The van der Waals surface area contributed by atoms with Crippen LogP contribution in [-0.4, -0.2) is 18.4 Å². The molecule has 1 fully saturated rings. The Morgan fingerprint density at radius 2 is 2.20 bits per heavy atom. The Hall–Kier alpha value is -1.38. The lowest BCUT2D eigenvalue weighted by Crippen LogP contribution is -2.25. The summed E-state index contributed by atoms with van der Waals surface area (Å²) in [5.41, 5.74) is 0.693. The largest absolute Gasteiger partial charge is 0.465 e. The van der Waals surface area contributed by atoms with E-state index in [1.54, 1.807) is 6.08 Å². The molecular weight excluding hydrogens is 252 g/mol. The van der Waals surface area contributed by atoms with Crippen LogP contribution in [0.1, 0.15) is 46.5 Å². The van der Waals surface area contributed by atoms with Crippen LogP contribution in [0.15, 0.2) is 24.3 Å². The Bertz CT molecular complexity index is 467. The number of ether oxygens (including phenoxy) is 1. The molecule has 0 aromatic rings. The Balaban J connectivity index is 1.83. The zero-order chi connectivity index (χ0) is 15.0. The molecule has 0 aromatic heterocycles. The van der Waals surface area contributed by atoms with Gasteiger partial charge in [-0.15, -0.1) is 0 Å². The first-order valence-electron chi connectivity index (χ1n) is 7.32. The number of esters is 1. The third-order valence-electron chi connectivity index (χ3n) is 4.29. The smallest absolute Gasteiger partial charge is 0.311 e. The molecule has 2 aliphatic carbocycles. The van der Waals surface area contributed by atoms with Crippen molar-refractivity contribution in [1.82, 2.24) is 0 Å². The molecule has 0 amide bonds. The molecule has 0 heterocycles. The minimum Gasteiger partial charge on any atom is -0.465 e. The first kappa shape index (κ1) is 15.0. The van der Waals surface area contributed by atoms with E-state index in [-0.39, 0.29) is 23.1 Å². The molecule has 1 saturated carbocycles. The van der Waals surface area contributed by atoms with Gasteiger partial charge in [-0.25, -0.2) is 0 Å². The van der Waals surface area contributed by atoms with Crippen molar-refractivity contribution in [2.24, 2.45) is 16.7 Å². The highest BCUT2D eigenvalue weighted by molar-refractivity contribution is 5.95. The zero-order valence-corrected chi connectivity index (χ0v) is 12.7. The van der Waals surface area contributed by atoms with Crippen LogP contribution in [0.3, 0.4) is 0 Å². The average molecular weight is 276 g/mol. The molecule has 2 bridgehead atoms. The van der Waals surface area contributed by atoms with Gasteiger partial charge in [0, 0.05) is 5.92 Å². The van der Waals surface area contributed by atoms with Crippen molar-refractivity contribution >= 4 is 11.8 Å². The van der Waals surface area contributed by atoms with Crippen LogP contribution in [0.2, 0.25) is 0 Å². The minimum absolute atomic E-state index is 0.0251. The van der Waals surface area contributed by atoms with E-state index in [0.29, 0.717) is 6.61 Å². The molecule has 2 rings (SSSR count). The molecule has 0 radical (unpaired) electrons. The number of fused-ring (bicyclic) bond motifs is 2. The van der Waals surface area contributed by atoms with Gasteiger partial charge in [-0.3, -0.25) is 9.59 Å². The van der Waals surface area contributed by atoms with Gasteiger partial charge in [0.15, 0.2) is 5.78 Å². The van der Waals surface area contributed by atoms with Gasteiger partial charge in [-0.1, -0.05) is 18.2 Å². The summed E-state index contributed by atoms with van der Waals surface area (Å²) in [6.07, 6.45) is 7.33. The molecule has 0 saturated heterocycles. The van der Waals surface area contributed by atoms with E-state index in [9.17, 15) is 9.59 Å². The molecule has 0 aromatic carbocycles. The molecule has 3 heteroatoms. The number of ketones is 1. The van der Waals surface area contributed by atoms with Gasteiger partial charge in [-0.05, 0) is 57.9 Å². The summed E-state index contributed by atoms with van der Waals surface area (Å²) < 4.78 is 5.30. The van der Waals surface area contributed by atoms with Gasteiger partial charge < -0.3 is 4.74 Å². The van der Waals surface area contributed by atoms with E-state index < -0.39 is 5.41 Å². The molecule has 3 nitrogen and oxygen atoms in total. The predicted octanol–water partition coefficient (Wildman–Crippen LogP) is 3.45. The maximum Gasteiger partial charge on any atom is 0.311 e. The minimum atomic E-state index is -0.442. The van der Waals surface area contributed by atoms with E-state index in [1.807, 2.05) is 20.8 Å². The second-order valence-electron chi connectivity index (χ2n) is 7.18. The van der Waals surface area contributed by atoms with Gasteiger partial charge in [0.2, 0.25) is 0 Å². The van der Waals surface area contributed by atoms with E-state index >= 15 is 0 Å². The van der Waals surface area contributed by atoms with Gasteiger partial charge in [-0.2, -0.15) is 0 Å². The number of rotatable bonds is 4. The molecule has 20 heavy (non-hydrogen) atoms. The highest BCUT2D eigenvalue weighted by atomic mass is 16.5. The Morgan fingerprint density at radius 3 is 2.85 bits per heavy atom. The highest BCUT2D eigenvalue weighted by Crippen LogP contribution is 2.51. The Labute approximate surface area is 121 Å². The summed E-state index contributed by atoms with van der Waals surface area (Å²) in [4.78, 5) is 23.4. The van der Waals surface area contributed by atoms with Gasteiger partial charge in [0.1, 0.15) is 0 Å². The van der Waals surface area contributed by atoms with Crippen molar-refractivity contribution in [3.8, 4) is 0 Å². The standard InChI is InChI=1S/C17H24O3/c1-12-10-17(8-6-14(18)13(12)11-17)7-5-9-20-15(19)16(2,3)4/h6,8,13H,1,5,7,9-11H2,2-4H3/t13-,17+/m1/s1. The highest BCUT2D eigenvalue weighted by Gasteiger charge is 2.44. The molecule has 110 valence electrons. The van der Waals surface area contributed by atoms with Crippen molar-refractivity contribution in [2.75, 3.05) is 6.61 Å². The fourth-order valence-corrected chi connectivity index (χ4v) is 3.08. The SMILES string of the molecule is C=C1C[C@]2(CCCOC(=O)C(C)(C)C)C=CC(=O)[C@@H]1C2. The molecule has 2 aliphatic rings. The number of hydrogen-bond donors (Lipinski definition) is 0. The molecule has 2 atom stereocenters. The Kier molecular flexibility index (Phi) is 3.90. The Morgan fingerprint density at radius 1 is 1.50 bits per heavy atom. The topological polar surface area (TPSA) is 43.4 Å². The van der Waals surface area contributed by atoms with E-state index in [4.69, 9.17) is 4.74 Å². The lowest BCUT2D eigenvalue weighted by Gasteiger charge is -2.27. The summed E-state index contributed by atoms with van der Waals surface area (Å²) >= 11 is 0. The van der Waals surface area contributed by atoms with Gasteiger partial charge in [0.05, 0.1) is 12.0 Å². The van der Waals surface area contributed by atoms with E-state index in [0.717, 1.165) is 31.3 Å². The van der Waals surface area contributed by atoms with Gasteiger partial charge >= 0.3 is 5.97 Å². The summed E-state index contributed by atoms with van der Waals surface area (Å²) in [6.45, 7) is 10.1. The quantitative estimate of drug-likeness (QED) is 0.449. The second-order valence-corrected chi connectivity index (χ2v) is 7.18. The van der Waals surface area contributed by atoms with Gasteiger partial charge in [0.25, 0.3) is 0 Å². The van der Waals surface area contributed by atoms with E-state index in [1.165, 1.54) is 0 Å². The summed E-state index contributed by atoms with van der Waals surface area (Å²) in [7, 11) is 0. The van der Waals surface area contributed by atoms with Crippen LogP contribution in [0.25, 0.3) is 0 Å². The maximum atomic E-state index is 11.7. The van der Waals surface area contributed by atoms with Crippen LogP contribution in [0, 0.1) is 16.7 Å². The molecule has 0 unspecified atom stereocenters. The van der Waals surface area contributed by atoms with Crippen molar-refractivity contribution < 1.29 is 14.3 Å². The zero-order valence-electron chi connectivity index (χ0n) is 12.7. The van der Waals surface area contributed by atoms with E-state index in [2.05, 4.69) is 12.7 Å². The van der Waals surface area contributed by atoms with Crippen molar-refractivity contribution in [3.05, 3.63) is 24.3 Å². The van der Waals surface area contributed by atoms with Crippen LogP contribution >= 0.6 is 0 Å². The lowest BCUT2D eigenvalue weighted by molar-refractivity contribution is -0.153. The predicted molar refractivity (Wildman–Crippen MR) is 78.1 cm³/mol. The summed E-state index contributed by atoms with van der Waals surface area (Å²) in [6, 6.07) is 0. The van der Waals surface area contributed by atoms with Crippen LogP contribution in [-0.2, 0) is 14.3 Å². The lowest BCUT2D eigenvalue weighted by atomic mass is 9.77. The monoisotopic (exact) mass is 276 g/mol. The molecule has 0 spiro atoms. The van der Waals surface area contributed by atoms with Crippen molar-refractivity contribution in [1.29, 1.82) is 0 Å². The first-order valence-corrected chi connectivity index (χ1v) is 7.32. The molecule has 0 N–H and O–H groups in total. The first-order chi connectivity index (χ1) is 9.23. The normalized spacial score (nSPS) is 28.9. The average Bonchev–Trinajstić information content (AvgIpc) is 2.63. The third-order valence-corrected chi connectivity index (χ3v) is 4.29. The summed E-state index contributed by atoms with van der Waals surface area (Å²) in [5, 5.41) is 0. The molecule has 0 aliphatic heterocycles. The number of hydrogen-bond acceptors (Lipinski definition) is 3. The fourth-order valence-electron chi connectivity index (χ4n) is 3.08. The number of allylic oxidation sites excluding steroid dienone is 3. The fraction of sp³-hybridized carbons (Fsp3) is 0.647.